The molecule has 1 aliphatic heterocycles. The van der Waals surface area contributed by atoms with Gasteiger partial charge in [-0.2, -0.15) is 0 Å². The predicted octanol–water partition coefficient (Wildman–Crippen LogP) is 1.26. The van der Waals surface area contributed by atoms with Crippen LogP contribution in [0.15, 0.2) is 23.1 Å². The zero-order valence-corrected chi connectivity index (χ0v) is 12.4. The van der Waals surface area contributed by atoms with E-state index in [1.165, 1.54) is 18.2 Å². The smallest absolute Gasteiger partial charge is 0.242 e. The van der Waals surface area contributed by atoms with E-state index in [1.54, 1.807) is 0 Å². The van der Waals surface area contributed by atoms with E-state index in [2.05, 4.69) is 10.0 Å². The quantitative estimate of drug-likeness (QED) is 0.875. The summed E-state index contributed by atoms with van der Waals surface area (Å²) in [6.07, 6.45) is -0.179. The largest absolute Gasteiger partial charge is 0.374 e. The van der Waals surface area contributed by atoms with Crippen molar-refractivity contribution in [2.24, 2.45) is 0 Å². The fraction of sp³-hybridized carbons (Fsp3) is 0.455. The van der Waals surface area contributed by atoms with Crippen molar-refractivity contribution in [3.05, 3.63) is 28.2 Å². The summed E-state index contributed by atoms with van der Waals surface area (Å²) in [4.78, 5) is -0.0227. The molecule has 0 aromatic heterocycles. The molecular formula is C11H14Cl2N2O3S. The topological polar surface area (TPSA) is 67.4 Å². The van der Waals surface area contributed by atoms with E-state index in [0.29, 0.717) is 18.2 Å². The van der Waals surface area contributed by atoms with E-state index in [1.807, 2.05) is 0 Å². The van der Waals surface area contributed by atoms with E-state index in [-0.39, 0.29) is 22.6 Å². The first-order valence-corrected chi connectivity index (χ1v) is 8.00. The summed E-state index contributed by atoms with van der Waals surface area (Å²) in [6.45, 7) is 2.16. The first-order valence-electron chi connectivity index (χ1n) is 5.76. The molecule has 2 N–H and O–H groups in total. The van der Waals surface area contributed by atoms with Crippen LogP contribution in [-0.2, 0) is 14.8 Å². The van der Waals surface area contributed by atoms with Crippen molar-refractivity contribution in [3.8, 4) is 0 Å². The molecule has 106 valence electrons. The Hall–Kier alpha value is -0.370. The van der Waals surface area contributed by atoms with E-state index in [0.717, 1.165) is 6.54 Å². The molecule has 0 bridgehead atoms. The van der Waals surface area contributed by atoms with Crippen molar-refractivity contribution in [1.82, 2.24) is 10.0 Å². The normalized spacial score (nSPS) is 20.4. The molecule has 5 nitrogen and oxygen atoms in total. The van der Waals surface area contributed by atoms with Gasteiger partial charge < -0.3 is 10.1 Å². The minimum absolute atomic E-state index is 0.0227. The van der Waals surface area contributed by atoms with Crippen molar-refractivity contribution < 1.29 is 13.2 Å². The van der Waals surface area contributed by atoms with Crippen LogP contribution in [-0.4, -0.2) is 40.8 Å². The van der Waals surface area contributed by atoms with Gasteiger partial charge in [0.05, 0.1) is 17.7 Å². The number of sulfonamides is 1. The van der Waals surface area contributed by atoms with Gasteiger partial charge in [-0.1, -0.05) is 23.2 Å². The summed E-state index contributed by atoms with van der Waals surface area (Å²) in [6, 6.07) is 4.32. The third-order valence-corrected chi connectivity index (χ3v) is 4.83. The molecule has 0 saturated carbocycles. The molecule has 0 radical (unpaired) electrons. The van der Waals surface area contributed by atoms with Crippen LogP contribution in [0.4, 0.5) is 0 Å². The average Bonchev–Trinajstić information content (AvgIpc) is 2.40. The third-order valence-electron chi connectivity index (χ3n) is 2.69. The molecule has 8 heteroatoms. The van der Waals surface area contributed by atoms with Gasteiger partial charge in [0.25, 0.3) is 0 Å². The summed E-state index contributed by atoms with van der Waals surface area (Å²) in [5.74, 6) is 0. The highest BCUT2D eigenvalue weighted by Crippen LogP contribution is 2.24. The maximum Gasteiger partial charge on any atom is 0.242 e. The zero-order valence-electron chi connectivity index (χ0n) is 10.0. The highest BCUT2D eigenvalue weighted by atomic mass is 35.5. The first-order chi connectivity index (χ1) is 8.99. The molecule has 0 amide bonds. The molecule has 1 aromatic rings. The van der Waals surface area contributed by atoms with Gasteiger partial charge in [0.2, 0.25) is 10.0 Å². The molecule has 1 fully saturated rings. The van der Waals surface area contributed by atoms with Crippen LogP contribution in [0.2, 0.25) is 10.0 Å². The van der Waals surface area contributed by atoms with Crippen LogP contribution >= 0.6 is 23.2 Å². The lowest BCUT2D eigenvalue weighted by molar-refractivity contribution is 0.0324. The number of morpholine rings is 1. The van der Waals surface area contributed by atoms with Crippen LogP contribution in [0.5, 0.6) is 0 Å². The molecule has 1 atom stereocenters. The van der Waals surface area contributed by atoms with E-state index >= 15 is 0 Å². The van der Waals surface area contributed by atoms with Crippen molar-refractivity contribution in [3.63, 3.8) is 0 Å². The monoisotopic (exact) mass is 324 g/mol. The lowest BCUT2D eigenvalue weighted by atomic mass is 10.3. The van der Waals surface area contributed by atoms with Gasteiger partial charge in [-0.25, -0.2) is 13.1 Å². The Labute approximate surface area is 122 Å². The predicted molar refractivity (Wildman–Crippen MR) is 74.3 cm³/mol. The van der Waals surface area contributed by atoms with E-state index in [4.69, 9.17) is 27.9 Å². The van der Waals surface area contributed by atoms with E-state index < -0.39 is 10.0 Å². The molecule has 0 aliphatic carbocycles. The van der Waals surface area contributed by atoms with Crippen molar-refractivity contribution in [1.29, 1.82) is 0 Å². The first kappa shape index (κ1) is 15.0. The van der Waals surface area contributed by atoms with Gasteiger partial charge in [-0.15, -0.1) is 0 Å². The van der Waals surface area contributed by atoms with Gasteiger partial charge in [0.15, 0.2) is 0 Å². The number of rotatable bonds is 4. The van der Waals surface area contributed by atoms with Gasteiger partial charge in [-0.05, 0) is 18.2 Å². The Morgan fingerprint density at radius 1 is 1.42 bits per heavy atom. The molecule has 1 aromatic carbocycles. The Morgan fingerprint density at radius 2 is 2.21 bits per heavy atom. The maximum atomic E-state index is 12.1. The Morgan fingerprint density at radius 3 is 2.89 bits per heavy atom. The van der Waals surface area contributed by atoms with Gasteiger partial charge in [0.1, 0.15) is 4.90 Å². The second-order valence-corrected chi connectivity index (χ2v) is 6.70. The van der Waals surface area contributed by atoms with Crippen molar-refractivity contribution in [2.75, 3.05) is 26.2 Å². The summed E-state index contributed by atoms with van der Waals surface area (Å²) < 4.78 is 32.1. The van der Waals surface area contributed by atoms with Crippen molar-refractivity contribution >= 4 is 33.2 Å². The number of nitrogens with one attached hydrogen (secondary N) is 2. The summed E-state index contributed by atoms with van der Waals surface area (Å²) in [5.41, 5.74) is 0. The van der Waals surface area contributed by atoms with Gasteiger partial charge in [-0.3, -0.25) is 0 Å². The Bertz CT molecular complexity index is 545. The Kier molecular flexibility index (Phi) is 5.05. The summed E-state index contributed by atoms with van der Waals surface area (Å²) >= 11 is 11.7. The van der Waals surface area contributed by atoms with Crippen LogP contribution < -0.4 is 10.0 Å². The minimum atomic E-state index is -3.69. The van der Waals surface area contributed by atoms with Gasteiger partial charge in [0, 0.05) is 24.7 Å². The van der Waals surface area contributed by atoms with Crippen LogP contribution in [0.3, 0.4) is 0 Å². The lowest BCUT2D eigenvalue weighted by Crippen LogP contribution is -2.45. The number of hydrogen-bond acceptors (Lipinski definition) is 4. The minimum Gasteiger partial charge on any atom is -0.374 e. The van der Waals surface area contributed by atoms with Gasteiger partial charge >= 0.3 is 0 Å². The number of halogens is 2. The molecule has 1 heterocycles. The second kappa shape index (κ2) is 6.39. The van der Waals surface area contributed by atoms with Crippen LogP contribution in [0.25, 0.3) is 0 Å². The Balaban J connectivity index is 2.07. The molecule has 1 saturated heterocycles. The molecule has 1 unspecified atom stereocenters. The molecule has 19 heavy (non-hydrogen) atoms. The maximum absolute atomic E-state index is 12.1. The van der Waals surface area contributed by atoms with Crippen LogP contribution in [0.1, 0.15) is 0 Å². The van der Waals surface area contributed by atoms with Crippen molar-refractivity contribution in [2.45, 2.75) is 11.0 Å². The molecule has 0 spiro atoms. The summed E-state index contributed by atoms with van der Waals surface area (Å²) in [7, 11) is -3.69. The fourth-order valence-electron chi connectivity index (χ4n) is 1.71. The summed E-state index contributed by atoms with van der Waals surface area (Å²) in [5, 5.41) is 3.58. The van der Waals surface area contributed by atoms with Crippen LogP contribution in [0, 0.1) is 0 Å². The molecule has 2 rings (SSSR count). The third kappa shape index (κ3) is 4.05. The number of hydrogen-bond donors (Lipinski definition) is 2. The standard InChI is InChI=1S/C11H14Cl2N2O3S/c12-8-1-2-10(13)11(5-8)19(16,17)15-7-9-6-14-3-4-18-9/h1-2,5,9,14-15H,3-4,6-7H2. The highest BCUT2D eigenvalue weighted by molar-refractivity contribution is 7.89. The fourth-order valence-corrected chi connectivity index (χ4v) is 3.54. The average molecular weight is 325 g/mol. The highest BCUT2D eigenvalue weighted by Gasteiger charge is 2.21. The molecule has 1 aliphatic rings. The lowest BCUT2D eigenvalue weighted by Gasteiger charge is -2.23. The second-order valence-electron chi connectivity index (χ2n) is 4.12. The number of benzene rings is 1. The molecular weight excluding hydrogens is 311 g/mol. The zero-order chi connectivity index (χ0) is 13.9. The SMILES string of the molecule is O=S(=O)(NCC1CNCCO1)c1cc(Cl)ccc1Cl. The number of ether oxygens (including phenoxy) is 1. The van der Waals surface area contributed by atoms with E-state index in [9.17, 15) is 8.42 Å².